The van der Waals surface area contributed by atoms with Crippen LogP contribution in [0.4, 0.5) is 0 Å². The summed E-state index contributed by atoms with van der Waals surface area (Å²) in [6, 6.07) is 7.99. The Kier molecular flexibility index (Phi) is 7.40. The van der Waals surface area contributed by atoms with Crippen LogP contribution >= 0.6 is 0 Å². The van der Waals surface area contributed by atoms with Gasteiger partial charge in [-0.25, -0.2) is 0 Å². The average Bonchev–Trinajstić information content (AvgIpc) is 3.02. The van der Waals surface area contributed by atoms with Crippen LogP contribution in [0.2, 0.25) is 0 Å². The second-order valence-electron chi connectivity index (χ2n) is 7.91. The Balaban J connectivity index is 1.98. The number of aryl methyl sites for hydroxylation is 1. The minimum atomic E-state index is -0.569. The summed E-state index contributed by atoms with van der Waals surface area (Å²) in [4.78, 5) is 24.2. The second kappa shape index (κ2) is 9.54. The molecule has 1 atom stereocenters. The molecule has 0 amide bonds. The summed E-state index contributed by atoms with van der Waals surface area (Å²) in [5, 5.41) is 0. The van der Waals surface area contributed by atoms with Gasteiger partial charge in [0.05, 0.1) is 12.5 Å². The number of Topliss-reactive ketones (excluding diaryl/α,β-unsaturated/α-hetero) is 1. The number of esters is 1. The first-order valence-corrected chi connectivity index (χ1v) is 9.52. The van der Waals surface area contributed by atoms with Crippen LogP contribution in [-0.4, -0.2) is 25.0 Å². The van der Waals surface area contributed by atoms with Crippen molar-refractivity contribution in [3.05, 3.63) is 53.6 Å². The van der Waals surface area contributed by atoms with Gasteiger partial charge in [0.2, 0.25) is 0 Å². The van der Waals surface area contributed by atoms with E-state index in [0.29, 0.717) is 12.8 Å². The van der Waals surface area contributed by atoms with Crippen molar-refractivity contribution < 1.29 is 19.1 Å². The fourth-order valence-corrected chi connectivity index (χ4v) is 2.86. The van der Waals surface area contributed by atoms with E-state index in [9.17, 15) is 9.59 Å². The molecule has 2 rings (SSSR count). The van der Waals surface area contributed by atoms with E-state index in [1.807, 2.05) is 57.2 Å². The Bertz CT molecular complexity index is 722. The molecular formula is C23H30O4. The normalized spacial score (nSPS) is 15.7. The molecule has 146 valence electrons. The number of ketones is 1. The molecule has 1 aromatic carbocycles. The van der Waals surface area contributed by atoms with Crippen molar-refractivity contribution in [1.29, 1.82) is 0 Å². The number of carbonyl (C=O) groups excluding carboxylic acids is 2. The highest BCUT2D eigenvalue weighted by atomic mass is 16.5. The lowest BCUT2D eigenvalue weighted by Gasteiger charge is -2.21. The Hall–Kier alpha value is -2.36. The zero-order chi connectivity index (χ0) is 19.9. The lowest BCUT2D eigenvalue weighted by molar-refractivity contribution is -0.156. The molecular weight excluding hydrogens is 340 g/mol. The number of hydrogen-bond donors (Lipinski definition) is 0. The van der Waals surface area contributed by atoms with E-state index in [-0.39, 0.29) is 11.8 Å². The predicted molar refractivity (Wildman–Crippen MR) is 107 cm³/mol. The van der Waals surface area contributed by atoms with Crippen molar-refractivity contribution in [1.82, 2.24) is 0 Å². The minimum Gasteiger partial charge on any atom is -0.497 e. The molecule has 1 aromatic rings. The summed E-state index contributed by atoms with van der Waals surface area (Å²) < 4.78 is 10.9. The summed E-state index contributed by atoms with van der Waals surface area (Å²) in [6.45, 7) is 5.50. The molecule has 0 saturated heterocycles. The van der Waals surface area contributed by atoms with Crippen molar-refractivity contribution in [3.63, 3.8) is 0 Å². The molecule has 27 heavy (non-hydrogen) atoms. The molecule has 0 aliphatic heterocycles. The van der Waals surface area contributed by atoms with Crippen LogP contribution in [-0.2, 0) is 20.7 Å². The van der Waals surface area contributed by atoms with Gasteiger partial charge in [0.1, 0.15) is 11.9 Å². The van der Waals surface area contributed by atoms with Gasteiger partial charge >= 0.3 is 5.97 Å². The van der Waals surface area contributed by atoms with Crippen LogP contribution in [0.1, 0.15) is 52.0 Å². The molecule has 0 fully saturated rings. The summed E-state index contributed by atoms with van der Waals surface area (Å²) >= 11 is 0. The predicted octanol–water partition coefficient (Wildman–Crippen LogP) is 4.82. The van der Waals surface area contributed by atoms with Crippen molar-refractivity contribution in [3.8, 4) is 5.75 Å². The van der Waals surface area contributed by atoms with Crippen molar-refractivity contribution in [2.75, 3.05) is 7.11 Å². The van der Waals surface area contributed by atoms with E-state index in [2.05, 4.69) is 6.07 Å². The lowest BCUT2D eigenvalue weighted by Crippen LogP contribution is -2.28. The van der Waals surface area contributed by atoms with Crippen LogP contribution in [0.5, 0.6) is 5.75 Å². The SMILES string of the molecule is COc1cccc(CC/C=C/C(CC2=CCCC2=O)OC(=O)C(C)(C)C)c1. The number of carbonyl (C=O) groups is 2. The number of benzene rings is 1. The fraction of sp³-hybridized carbons (Fsp3) is 0.478. The van der Waals surface area contributed by atoms with Crippen molar-refractivity contribution in [2.45, 2.75) is 59.0 Å². The van der Waals surface area contributed by atoms with Crippen LogP contribution in [0.3, 0.4) is 0 Å². The van der Waals surface area contributed by atoms with Gasteiger partial charge < -0.3 is 9.47 Å². The van der Waals surface area contributed by atoms with Crippen molar-refractivity contribution in [2.24, 2.45) is 5.41 Å². The van der Waals surface area contributed by atoms with Crippen LogP contribution in [0.15, 0.2) is 48.1 Å². The van der Waals surface area contributed by atoms with E-state index in [4.69, 9.17) is 9.47 Å². The van der Waals surface area contributed by atoms with Crippen LogP contribution < -0.4 is 4.74 Å². The zero-order valence-electron chi connectivity index (χ0n) is 16.8. The van der Waals surface area contributed by atoms with Crippen LogP contribution in [0, 0.1) is 5.41 Å². The Morgan fingerprint density at radius 3 is 2.70 bits per heavy atom. The topological polar surface area (TPSA) is 52.6 Å². The highest BCUT2D eigenvalue weighted by Gasteiger charge is 2.27. The van der Waals surface area contributed by atoms with Gasteiger partial charge in [-0.05, 0) is 69.4 Å². The number of ether oxygens (including phenoxy) is 2. The van der Waals surface area contributed by atoms with Gasteiger partial charge in [0.15, 0.2) is 5.78 Å². The standard InChI is InChI=1S/C23H30O4/c1-23(2,3)22(25)27-20(16-18-11-8-14-21(18)24)12-6-5-9-17-10-7-13-19(15-17)26-4/h6-7,10-13,15,20H,5,8-9,14,16H2,1-4H3/b12-6+. The largest absolute Gasteiger partial charge is 0.497 e. The molecule has 0 bridgehead atoms. The first-order valence-electron chi connectivity index (χ1n) is 9.52. The lowest BCUT2D eigenvalue weighted by atomic mass is 9.97. The van der Waals surface area contributed by atoms with E-state index >= 15 is 0 Å². The third-order valence-corrected chi connectivity index (χ3v) is 4.50. The first-order chi connectivity index (χ1) is 12.8. The molecule has 0 N–H and O–H groups in total. The van der Waals surface area contributed by atoms with Crippen molar-refractivity contribution >= 4 is 11.8 Å². The number of methoxy groups -OCH3 is 1. The molecule has 0 spiro atoms. The second-order valence-corrected chi connectivity index (χ2v) is 7.91. The molecule has 4 heteroatoms. The van der Waals surface area contributed by atoms with E-state index in [1.165, 1.54) is 5.56 Å². The van der Waals surface area contributed by atoms with Gasteiger partial charge in [-0.1, -0.05) is 24.3 Å². The van der Waals surface area contributed by atoms with Gasteiger partial charge in [0, 0.05) is 12.8 Å². The smallest absolute Gasteiger partial charge is 0.311 e. The fourth-order valence-electron chi connectivity index (χ4n) is 2.86. The monoisotopic (exact) mass is 370 g/mol. The van der Waals surface area contributed by atoms with Gasteiger partial charge in [-0.15, -0.1) is 0 Å². The number of hydrogen-bond acceptors (Lipinski definition) is 4. The molecule has 4 nitrogen and oxygen atoms in total. The number of allylic oxidation sites excluding steroid dienone is 2. The Morgan fingerprint density at radius 2 is 2.07 bits per heavy atom. The van der Waals surface area contributed by atoms with E-state index in [1.54, 1.807) is 7.11 Å². The summed E-state index contributed by atoms with van der Waals surface area (Å²) in [5.41, 5.74) is 1.40. The molecule has 1 unspecified atom stereocenters. The summed E-state index contributed by atoms with van der Waals surface area (Å²) in [6.07, 6.45) is 8.99. The Morgan fingerprint density at radius 1 is 1.30 bits per heavy atom. The van der Waals surface area contributed by atoms with E-state index < -0.39 is 11.5 Å². The molecule has 0 saturated carbocycles. The molecule has 0 radical (unpaired) electrons. The highest BCUT2D eigenvalue weighted by Crippen LogP contribution is 2.23. The maximum Gasteiger partial charge on any atom is 0.311 e. The van der Waals surface area contributed by atoms with Crippen LogP contribution in [0.25, 0.3) is 0 Å². The Labute approximate surface area is 162 Å². The van der Waals surface area contributed by atoms with Gasteiger partial charge in [-0.3, -0.25) is 9.59 Å². The third-order valence-electron chi connectivity index (χ3n) is 4.50. The summed E-state index contributed by atoms with van der Waals surface area (Å²) in [7, 11) is 1.66. The average molecular weight is 370 g/mol. The molecule has 0 heterocycles. The molecule has 1 aliphatic carbocycles. The minimum absolute atomic E-state index is 0.164. The maximum atomic E-state index is 12.3. The zero-order valence-corrected chi connectivity index (χ0v) is 16.8. The first kappa shape index (κ1) is 20.9. The third kappa shape index (κ3) is 6.70. The van der Waals surface area contributed by atoms with Gasteiger partial charge in [-0.2, -0.15) is 0 Å². The number of rotatable bonds is 8. The maximum absolute atomic E-state index is 12.3. The van der Waals surface area contributed by atoms with E-state index in [0.717, 1.165) is 30.6 Å². The molecule has 1 aliphatic rings. The summed E-state index contributed by atoms with van der Waals surface area (Å²) in [5.74, 6) is 0.757. The molecule has 0 aromatic heterocycles. The quantitative estimate of drug-likeness (QED) is 0.486. The van der Waals surface area contributed by atoms with Gasteiger partial charge in [0.25, 0.3) is 0 Å². The highest BCUT2D eigenvalue weighted by molar-refractivity contribution is 5.97.